The van der Waals surface area contributed by atoms with E-state index in [0.29, 0.717) is 31.2 Å². The molecule has 144 valence electrons. The topological polar surface area (TPSA) is 98.3 Å². The number of carbonyl (C=O) groups is 1. The number of nitrogens with one attached hydrogen (secondary N) is 2. The highest BCUT2D eigenvalue weighted by atomic mass is 16.5. The van der Waals surface area contributed by atoms with Crippen molar-refractivity contribution in [1.82, 2.24) is 20.3 Å². The number of aromatic nitrogens is 3. The summed E-state index contributed by atoms with van der Waals surface area (Å²) >= 11 is 0. The van der Waals surface area contributed by atoms with E-state index in [9.17, 15) is 4.79 Å². The smallest absolute Gasteiger partial charge is 0.254 e. The largest absolute Gasteiger partial charge is 0.497 e. The van der Waals surface area contributed by atoms with E-state index in [0.717, 1.165) is 17.2 Å². The van der Waals surface area contributed by atoms with Crippen LogP contribution in [-0.2, 0) is 6.54 Å². The first-order valence-electron chi connectivity index (χ1n) is 8.75. The minimum atomic E-state index is -0.250. The molecular formula is C20H21N5O3. The van der Waals surface area contributed by atoms with E-state index in [2.05, 4.69) is 25.6 Å². The lowest BCUT2D eigenvalue weighted by Gasteiger charge is -2.08. The Bertz CT molecular complexity index is 871. The molecule has 0 aliphatic rings. The molecule has 8 nitrogen and oxygen atoms in total. The second kappa shape index (κ2) is 9.86. The first-order valence-corrected chi connectivity index (χ1v) is 8.75. The number of amides is 1. The Morgan fingerprint density at radius 2 is 1.75 bits per heavy atom. The molecule has 0 atom stereocenters. The molecule has 1 aromatic carbocycles. The van der Waals surface area contributed by atoms with Crippen LogP contribution in [0.3, 0.4) is 0 Å². The van der Waals surface area contributed by atoms with Crippen LogP contribution in [0.5, 0.6) is 11.5 Å². The molecule has 28 heavy (non-hydrogen) atoms. The number of benzene rings is 1. The normalized spacial score (nSPS) is 10.2. The van der Waals surface area contributed by atoms with Gasteiger partial charge in [0.15, 0.2) is 0 Å². The molecule has 0 aliphatic carbocycles. The Labute approximate surface area is 163 Å². The summed E-state index contributed by atoms with van der Waals surface area (Å²) in [6.07, 6.45) is 4.64. The van der Waals surface area contributed by atoms with Gasteiger partial charge in [0, 0.05) is 18.6 Å². The van der Waals surface area contributed by atoms with Crippen LogP contribution in [0.4, 0.5) is 5.95 Å². The number of rotatable bonds is 9. The summed E-state index contributed by atoms with van der Waals surface area (Å²) in [6.45, 7) is 1.32. The number of carbonyl (C=O) groups excluding carboxylic acids is 1. The Hall–Kier alpha value is -3.68. The van der Waals surface area contributed by atoms with Gasteiger partial charge in [-0.15, -0.1) is 0 Å². The molecule has 0 radical (unpaired) electrons. The zero-order chi connectivity index (χ0) is 19.6. The molecule has 8 heteroatoms. The molecule has 2 N–H and O–H groups in total. The predicted octanol–water partition coefficient (Wildman–Crippen LogP) is 2.30. The molecule has 2 aromatic heterocycles. The lowest BCUT2D eigenvalue weighted by molar-refractivity contribution is 0.0949. The highest BCUT2D eigenvalue weighted by molar-refractivity contribution is 5.93. The standard InChI is InChI=1S/C20H21N5O3/c1-27-17-5-7-18(8-6-17)28-11-10-22-20-24-12-15(13-25-20)19(26)23-14-16-4-2-3-9-21-16/h2-9,12-13H,10-11,14H2,1H3,(H,23,26)(H,22,24,25). The minimum Gasteiger partial charge on any atom is -0.497 e. The molecular weight excluding hydrogens is 358 g/mol. The molecule has 0 unspecified atom stereocenters. The van der Waals surface area contributed by atoms with E-state index in [-0.39, 0.29) is 5.91 Å². The van der Waals surface area contributed by atoms with Crippen molar-refractivity contribution in [1.29, 1.82) is 0 Å². The van der Waals surface area contributed by atoms with E-state index in [1.807, 2.05) is 42.5 Å². The van der Waals surface area contributed by atoms with Crippen LogP contribution in [-0.4, -0.2) is 41.1 Å². The first-order chi connectivity index (χ1) is 13.7. The SMILES string of the molecule is COc1ccc(OCCNc2ncc(C(=O)NCc3ccccn3)cn2)cc1. The molecule has 3 aromatic rings. The summed E-state index contributed by atoms with van der Waals surface area (Å²) in [5.74, 6) is 1.71. The fourth-order valence-corrected chi connectivity index (χ4v) is 2.32. The Kier molecular flexibility index (Phi) is 6.73. The second-order valence-electron chi connectivity index (χ2n) is 5.75. The second-order valence-corrected chi connectivity index (χ2v) is 5.75. The van der Waals surface area contributed by atoms with Gasteiger partial charge in [0.05, 0.1) is 31.5 Å². The average Bonchev–Trinajstić information content (AvgIpc) is 2.76. The number of hydrogen-bond acceptors (Lipinski definition) is 7. The first kappa shape index (κ1) is 19.1. The maximum Gasteiger partial charge on any atom is 0.254 e. The predicted molar refractivity (Wildman–Crippen MR) is 104 cm³/mol. The molecule has 0 aliphatic heterocycles. The third kappa shape index (κ3) is 5.66. The average molecular weight is 379 g/mol. The third-order valence-corrected chi connectivity index (χ3v) is 3.78. The summed E-state index contributed by atoms with van der Waals surface area (Å²) < 4.78 is 10.7. The van der Waals surface area contributed by atoms with Crippen LogP contribution < -0.4 is 20.1 Å². The van der Waals surface area contributed by atoms with E-state index in [1.165, 1.54) is 12.4 Å². The molecule has 1 amide bonds. The lowest BCUT2D eigenvalue weighted by Crippen LogP contribution is -2.23. The molecule has 2 heterocycles. The van der Waals surface area contributed by atoms with Gasteiger partial charge in [-0.25, -0.2) is 9.97 Å². The van der Waals surface area contributed by atoms with Gasteiger partial charge in [-0.3, -0.25) is 9.78 Å². The van der Waals surface area contributed by atoms with Crippen LogP contribution >= 0.6 is 0 Å². The summed E-state index contributed by atoms with van der Waals surface area (Å²) in [7, 11) is 1.62. The van der Waals surface area contributed by atoms with Crippen LogP contribution in [0.2, 0.25) is 0 Å². The minimum absolute atomic E-state index is 0.250. The number of hydrogen-bond donors (Lipinski definition) is 2. The zero-order valence-corrected chi connectivity index (χ0v) is 15.5. The van der Waals surface area contributed by atoms with Crippen LogP contribution in [0, 0.1) is 0 Å². The monoisotopic (exact) mass is 379 g/mol. The maximum atomic E-state index is 12.1. The number of pyridine rings is 1. The fraction of sp³-hybridized carbons (Fsp3) is 0.200. The van der Waals surface area contributed by atoms with Gasteiger partial charge in [0.1, 0.15) is 18.1 Å². The van der Waals surface area contributed by atoms with Crippen LogP contribution in [0.1, 0.15) is 16.1 Å². The van der Waals surface area contributed by atoms with Crippen molar-refractivity contribution in [2.24, 2.45) is 0 Å². The molecule has 3 rings (SSSR count). The van der Waals surface area contributed by atoms with Gasteiger partial charge in [0.25, 0.3) is 5.91 Å². The van der Waals surface area contributed by atoms with Crippen molar-refractivity contribution in [3.63, 3.8) is 0 Å². The Morgan fingerprint density at radius 3 is 2.43 bits per heavy atom. The van der Waals surface area contributed by atoms with Gasteiger partial charge in [-0.2, -0.15) is 0 Å². The molecule has 0 saturated carbocycles. The Morgan fingerprint density at radius 1 is 1.00 bits per heavy atom. The number of methoxy groups -OCH3 is 1. The zero-order valence-electron chi connectivity index (χ0n) is 15.5. The van der Waals surface area contributed by atoms with Gasteiger partial charge >= 0.3 is 0 Å². The maximum absolute atomic E-state index is 12.1. The fourth-order valence-electron chi connectivity index (χ4n) is 2.32. The number of nitrogens with zero attached hydrogens (tertiary/aromatic N) is 3. The van der Waals surface area contributed by atoms with Crippen molar-refractivity contribution in [2.45, 2.75) is 6.54 Å². The summed E-state index contributed by atoms with van der Waals surface area (Å²) in [4.78, 5) is 24.6. The highest BCUT2D eigenvalue weighted by Crippen LogP contribution is 2.16. The molecule has 0 saturated heterocycles. The van der Waals surface area contributed by atoms with E-state index >= 15 is 0 Å². The van der Waals surface area contributed by atoms with Gasteiger partial charge in [0.2, 0.25) is 5.95 Å². The van der Waals surface area contributed by atoms with Gasteiger partial charge in [-0.05, 0) is 36.4 Å². The van der Waals surface area contributed by atoms with Crippen molar-refractivity contribution >= 4 is 11.9 Å². The van der Waals surface area contributed by atoms with Gasteiger partial charge < -0.3 is 20.1 Å². The molecule has 0 fully saturated rings. The van der Waals surface area contributed by atoms with Gasteiger partial charge in [-0.1, -0.05) is 6.07 Å². The number of anilines is 1. The number of ether oxygens (including phenoxy) is 2. The van der Waals surface area contributed by atoms with E-state index < -0.39 is 0 Å². The molecule has 0 bridgehead atoms. The summed E-state index contributed by atoms with van der Waals surface area (Å²) in [5, 5.41) is 5.83. The lowest BCUT2D eigenvalue weighted by atomic mass is 10.3. The quantitative estimate of drug-likeness (QED) is 0.551. The van der Waals surface area contributed by atoms with E-state index in [4.69, 9.17) is 9.47 Å². The van der Waals surface area contributed by atoms with Crippen molar-refractivity contribution in [3.8, 4) is 11.5 Å². The molecule has 0 spiro atoms. The van der Waals surface area contributed by atoms with Crippen molar-refractivity contribution < 1.29 is 14.3 Å². The Balaban J connectivity index is 1.40. The van der Waals surface area contributed by atoms with Crippen molar-refractivity contribution in [2.75, 3.05) is 25.6 Å². The summed E-state index contributed by atoms with van der Waals surface area (Å²) in [6, 6.07) is 12.9. The van der Waals surface area contributed by atoms with E-state index in [1.54, 1.807) is 13.3 Å². The third-order valence-electron chi connectivity index (χ3n) is 3.78. The van der Waals surface area contributed by atoms with Crippen LogP contribution in [0.25, 0.3) is 0 Å². The summed E-state index contributed by atoms with van der Waals surface area (Å²) in [5.41, 5.74) is 1.17. The van der Waals surface area contributed by atoms with Crippen molar-refractivity contribution in [3.05, 3.63) is 72.3 Å². The van der Waals surface area contributed by atoms with Crippen LogP contribution in [0.15, 0.2) is 61.1 Å². The highest BCUT2D eigenvalue weighted by Gasteiger charge is 2.07.